The lowest BCUT2D eigenvalue weighted by molar-refractivity contribution is 0.471. The summed E-state index contributed by atoms with van der Waals surface area (Å²) in [6.45, 7) is 8.40. The van der Waals surface area contributed by atoms with E-state index in [1.165, 1.54) is 25.7 Å². The van der Waals surface area contributed by atoms with Gasteiger partial charge >= 0.3 is 0 Å². The van der Waals surface area contributed by atoms with E-state index in [1.54, 1.807) is 0 Å². The molecule has 0 nitrogen and oxygen atoms in total. The molecule has 0 heterocycles. The maximum atomic E-state index is 3.82. The van der Waals surface area contributed by atoms with Gasteiger partial charge in [0.25, 0.3) is 0 Å². The van der Waals surface area contributed by atoms with Gasteiger partial charge in [-0.05, 0) is 5.92 Å². The second kappa shape index (κ2) is 6.12. The molecule has 0 spiro atoms. The number of rotatable bonds is 5. The van der Waals surface area contributed by atoms with E-state index >= 15 is 0 Å². The molecule has 0 aliphatic carbocycles. The first kappa shape index (κ1) is 9.00. The van der Waals surface area contributed by atoms with Crippen LogP contribution in [0.1, 0.15) is 46.0 Å². The van der Waals surface area contributed by atoms with E-state index in [0.717, 1.165) is 12.3 Å². The molecule has 0 aliphatic rings. The molecule has 55 valence electrons. The molecule has 9 heavy (non-hydrogen) atoms. The van der Waals surface area contributed by atoms with E-state index in [1.807, 2.05) is 0 Å². The van der Waals surface area contributed by atoms with E-state index in [9.17, 15) is 0 Å². The van der Waals surface area contributed by atoms with Gasteiger partial charge in [0.15, 0.2) is 0 Å². The van der Waals surface area contributed by atoms with E-state index in [4.69, 9.17) is 0 Å². The highest BCUT2D eigenvalue weighted by Gasteiger charge is 1.97. The molecule has 0 saturated carbocycles. The Balaban J connectivity index is 2.95. The first-order valence-corrected chi connectivity index (χ1v) is 4.10. The quantitative estimate of drug-likeness (QED) is 0.530. The molecule has 1 radical (unpaired) electrons. The molecular formula is C9H19. The van der Waals surface area contributed by atoms with Crippen LogP contribution in [0.2, 0.25) is 0 Å². The Hall–Kier alpha value is 0. The lowest BCUT2D eigenvalue weighted by atomic mass is 10.00. The minimum Gasteiger partial charge on any atom is -0.0654 e. The Bertz CT molecular complexity index is 48.0. The van der Waals surface area contributed by atoms with Crippen molar-refractivity contribution in [2.75, 3.05) is 0 Å². The predicted molar refractivity (Wildman–Crippen MR) is 43.3 cm³/mol. The highest BCUT2D eigenvalue weighted by atomic mass is 14.0. The smallest absolute Gasteiger partial charge is 0.0443 e. The molecule has 1 unspecified atom stereocenters. The van der Waals surface area contributed by atoms with Crippen LogP contribution in [-0.2, 0) is 0 Å². The van der Waals surface area contributed by atoms with Crippen molar-refractivity contribution in [2.24, 2.45) is 5.92 Å². The zero-order valence-electron chi connectivity index (χ0n) is 6.82. The zero-order chi connectivity index (χ0) is 7.11. The first-order valence-electron chi connectivity index (χ1n) is 4.10. The minimum absolute atomic E-state index is 0.928. The average Bonchev–Trinajstić information content (AvgIpc) is 1.85. The summed E-state index contributed by atoms with van der Waals surface area (Å²) in [5, 5.41) is 0. The van der Waals surface area contributed by atoms with Gasteiger partial charge in [0.05, 0.1) is 0 Å². The molecule has 0 heteroatoms. The molecule has 0 aromatic carbocycles. The fourth-order valence-electron chi connectivity index (χ4n) is 1.13. The summed E-state index contributed by atoms with van der Waals surface area (Å²) in [5.74, 6) is 0.928. The Morgan fingerprint density at radius 1 is 1.33 bits per heavy atom. The third-order valence-electron chi connectivity index (χ3n) is 1.73. The van der Waals surface area contributed by atoms with Gasteiger partial charge in [-0.3, -0.25) is 0 Å². The van der Waals surface area contributed by atoms with Crippen molar-refractivity contribution in [3.05, 3.63) is 6.92 Å². The van der Waals surface area contributed by atoms with E-state index < -0.39 is 0 Å². The summed E-state index contributed by atoms with van der Waals surface area (Å²) in [6.07, 6.45) is 6.50. The number of unbranched alkanes of at least 4 members (excludes halogenated alkanes) is 1. The molecule has 0 bridgehead atoms. The number of hydrogen-bond donors (Lipinski definition) is 0. The normalized spacial score (nSPS) is 13.7. The van der Waals surface area contributed by atoms with Crippen LogP contribution in [0, 0.1) is 12.8 Å². The fraction of sp³-hybridized carbons (Fsp3) is 0.889. The summed E-state index contributed by atoms with van der Waals surface area (Å²) >= 11 is 0. The highest BCUT2D eigenvalue weighted by molar-refractivity contribution is 4.52. The van der Waals surface area contributed by atoms with Gasteiger partial charge in [-0.25, -0.2) is 0 Å². The van der Waals surface area contributed by atoms with Crippen molar-refractivity contribution < 1.29 is 0 Å². The van der Waals surface area contributed by atoms with Crippen LogP contribution in [0.25, 0.3) is 0 Å². The summed E-state index contributed by atoms with van der Waals surface area (Å²) in [4.78, 5) is 0. The van der Waals surface area contributed by atoms with Crippen LogP contribution in [0.3, 0.4) is 0 Å². The number of hydrogen-bond acceptors (Lipinski definition) is 0. The van der Waals surface area contributed by atoms with Gasteiger partial charge in [-0.2, -0.15) is 0 Å². The second-order valence-electron chi connectivity index (χ2n) is 2.89. The van der Waals surface area contributed by atoms with E-state index in [0.29, 0.717) is 0 Å². The third-order valence-corrected chi connectivity index (χ3v) is 1.73. The maximum absolute atomic E-state index is 3.82. The lowest BCUT2D eigenvalue weighted by Crippen LogP contribution is -1.92. The average molecular weight is 127 g/mol. The molecule has 0 aromatic heterocycles. The van der Waals surface area contributed by atoms with Crippen LogP contribution < -0.4 is 0 Å². The second-order valence-corrected chi connectivity index (χ2v) is 2.89. The van der Waals surface area contributed by atoms with Gasteiger partial charge in [0, 0.05) is 0 Å². The molecule has 0 rings (SSSR count). The standard InChI is InChI=1S/C9H19/c1-4-6-8-9(3)7-5-2/h9H,1,4-8H2,2-3H3. The zero-order valence-corrected chi connectivity index (χ0v) is 6.82. The Morgan fingerprint density at radius 2 is 2.00 bits per heavy atom. The molecular weight excluding hydrogens is 108 g/mol. The van der Waals surface area contributed by atoms with Crippen LogP contribution in [0.5, 0.6) is 0 Å². The monoisotopic (exact) mass is 127 g/mol. The summed E-state index contributed by atoms with van der Waals surface area (Å²) < 4.78 is 0. The third kappa shape index (κ3) is 5.88. The van der Waals surface area contributed by atoms with Crippen molar-refractivity contribution >= 4 is 0 Å². The van der Waals surface area contributed by atoms with Crippen LogP contribution in [0.4, 0.5) is 0 Å². The van der Waals surface area contributed by atoms with Gasteiger partial charge in [0.1, 0.15) is 0 Å². The molecule has 0 fully saturated rings. The highest BCUT2D eigenvalue weighted by Crippen LogP contribution is 2.12. The lowest BCUT2D eigenvalue weighted by Gasteiger charge is -2.06. The maximum Gasteiger partial charge on any atom is -0.0443 e. The topological polar surface area (TPSA) is 0 Å². The van der Waals surface area contributed by atoms with Crippen molar-refractivity contribution in [1.29, 1.82) is 0 Å². The van der Waals surface area contributed by atoms with Crippen LogP contribution >= 0.6 is 0 Å². The van der Waals surface area contributed by atoms with Crippen molar-refractivity contribution in [3.63, 3.8) is 0 Å². The van der Waals surface area contributed by atoms with Crippen LogP contribution in [0.15, 0.2) is 0 Å². The van der Waals surface area contributed by atoms with Gasteiger partial charge < -0.3 is 0 Å². The SMILES string of the molecule is [CH2]CCCC(C)CCC. The summed E-state index contributed by atoms with van der Waals surface area (Å²) in [5.41, 5.74) is 0. The molecule has 1 atom stereocenters. The van der Waals surface area contributed by atoms with Crippen molar-refractivity contribution in [3.8, 4) is 0 Å². The van der Waals surface area contributed by atoms with Crippen LogP contribution in [-0.4, -0.2) is 0 Å². The van der Waals surface area contributed by atoms with Gasteiger partial charge in [-0.15, -0.1) is 0 Å². The molecule has 0 aromatic rings. The Kier molecular flexibility index (Phi) is 6.12. The van der Waals surface area contributed by atoms with Crippen molar-refractivity contribution in [1.82, 2.24) is 0 Å². The summed E-state index contributed by atoms with van der Waals surface area (Å²) in [7, 11) is 0. The van der Waals surface area contributed by atoms with Gasteiger partial charge in [-0.1, -0.05) is 52.9 Å². The molecule has 0 amide bonds. The first-order chi connectivity index (χ1) is 4.31. The predicted octanol–water partition coefficient (Wildman–Crippen LogP) is 3.43. The molecule has 0 aliphatic heterocycles. The van der Waals surface area contributed by atoms with Crippen molar-refractivity contribution in [2.45, 2.75) is 46.0 Å². The Labute approximate surface area is 59.7 Å². The largest absolute Gasteiger partial charge is 0.0654 e. The van der Waals surface area contributed by atoms with E-state index in [2.05, 4.69) is 20.8 Å². The Morgan fingerprint density at radius 3 is 2.44 bits per heavy atom. The van der Waals surface area contributed by atoms with Gasteiger partial charge in [0.2, 0.25) is 0 Å². The summed E-state index contributed by atoms with van der Waals surface area (Å²) in [6, 6.07) is 0. The fourth-order valence-corrected chi connectivity index (χ4v) is 1.13. The minimum atomic E-state index is 0.928. The molecule has 0 saturated heterocycles. The van der Waals surface area contributed by atoms with E-state index in [-0.39, 0.29) is 0 Å². The molecule has 0 N–H and O–H groups in total.